The highest BCUT2D eigenvalue weighted by Crippen LogP contribution is 2.51. The van der Waals surface area contributed by atoms with Gasteiger partial charge in [-0.3, -0.25) is 0 Å². The topological polar surface area (TPSA) is 26.0 Å². The molecule has 0 unspecified atom stereocenters. The highest BCUT2D eigenvalue weighted by Gasteiger charge is 2.50. The molecule has 2 aromatic rings. The molecule has 2 atom stereocenters. The first-order chi connectivity index (χ1) is 8.78. The van der Waals surface area contributed by atoms with Crippen LogP contribution in [0, 0.1) is 0 Å². The lowest BCUT2D eigenvalue weighted by molar-refractivity contribution is 0.589. The van der Waals surface area contributed by atoms with Gasteiger partial charge in [-0.25, -0.2) is 0 Å². The maximum atomic E-state index is 6.47. The van der Waals surface area contributed by atoms with Crippen molar-refractivity contribution in [3.8, 4) is 0 Å². The van der Waals surface area contributed by atoms with Crippen LogP contribution in [-0.2, 0) is 6.42 Å². The molecule has 3 rings (SSSR count). The minimum absolute atomic E-state index is 0. The van der Waals surface area contributed by atoms with E-state index in [0.717, 1.165) is 19.3 Å². The summed E-state index contributed by atoms with van der Waals surface area (Å²) in [6.07, 6.45) is 3.29. The number of halogens is 1. The zero-order valence-corrected chi connectivity index (χ0v) is 11.8. The summed E-state index contributed by atoms with van der Waals surface area (Å²) in [6.45, 7) is 0. The molecule has 1 aliphatic rings. The predicted molar refractivity (Wildman–Crippen MR) is 82.7 cm³/mol. The molecular formula is C17H20ClN. The van der Waals surface area contributed by atoms with Crippen LogP contribution < -0.4 is 5.73 Å². The molecule has 1 saturated carbocycles. The Bertz CT molecular complexity index is 511. The third-order valence-electron chi connectivity index (χ3n) is 4.04. The Kier molecular flexibility index (Phi) is 4.28. The normalized spacial score (nSPS) is 24.6. The van der Waals surface area contributed by atoms with E-state index in [1.165, 1.54) is 11.1 Å². The molecule has 2 heteroatoms. The Morgan fingerprint density at radius 3 is 2.16 bits per heavy atom. The molecule has 1 fully saturated rings. The summed E-state index contributed by atoms with van der Waals surface area (Å²) in [5.41, 5.74) is 9.28. The van der Waals surface area contributed by atoms with Gasteiger partial charge >= 0.3 is 0 Å². The lowest BCUT2D eigenvalue weighted by atomic mass is 10.00. The second-order valence-corrected chi connectivity index (χ2v) is 5.39. The zero-order valence-electron chi connectivity index (χ0n) is 11.0. The molecule has 0 saturated heterocycles. The van der Waals surface area contributed by atoms with E-state index in [-0.39, 0.29) is 17.9 Å². The molecule has 2 aromatic carbocycles. The third-order valence-corrected chi connectivity index (χ3v) is 4.04. The lowest BCUT2D eigenvalue weighted by Crippen LogP contribution is -2.25. The van der Waals surface area contributed by atoms with Gasteiger partial charge < -0.3 is 5.73 Å². The predicted octanol–water partition coefficient (Wildman–Crippen LogP) is 3.93. The third kappa shape index (κ3) is 3.17. The van der Waals surface area contributed by atoms with E-state index in [9.17, 15) is 0 Å². The highest BCUT2D eigenvalue weighted by atomic mass is 35.5. The summed E-state index contributed by atoms with van der Waals surface area (Å²) in [7, 11) is 0. The van der Waals surface area contributed by atoms with Gasteiger partial charge in [0.2, 0.25) is 0 Å². The Balaban J connectivity index is 0.00000133. The van der Waals surface area contributed by atoms with Gasteiger partial charge in [-0.05, 0) is 30.4 Å². The standard InChI is InChI=1S/C17H19N.ClH/c18-17(12-11-14-7-3-1-4-8-14)13-16(17)15-9-5-2-6-10-15;/h1-10,16H,11-13,18H2;1H/t16-,17+;/m0./s1. The Labute approximate surface area is 121 Å². The fourth-order valence-corrected chi connectivity index (χ4v) is 2.75. The van der Waals surface area contributed by atoms with Gasteiger partial charge in [-0.2, -0.15) is 0 Å². The van der Waals surface area contributed by atoms with Crippen LogP contribution >= 0.6 is 12.4 Å². The van der Waals surface area contributed by atoms with Crippen LogP contribution in [0.5, 0.6) is 0 Å². The number of aryl methyl sites for hydroxylation is 1. The summed E-state index contributed by atoms with van der Waals surface area (Å²) >= 11 is 0. The number of hydrogen-bond donors (Lipinski definition) is 1. The van der Waals surface area contributed by atoms with Crippen LogP contribution in [-0.4, -0.2) is 5.54 Å². The van der Waals surface area contributed by atoms with Crippen molar-refractivity contribution in [3.63, 3.8) is 0 Å². The summed E-state index contributed by atoms with van der Waals surface area (Å²) in [5.74, 6) is 0.558. The maximum absolute atomic E-state index is 6.47. The highest BCUT2D eigenvalue weighted by molar-refractivity contribution is 5.85. The Morgan fingerprint density at radius 2 is 1.53 bits per heavy atom. The molecule has 19 heavy (non-hydrogen) atoms. The second kappa shape index (κ2) is 5.77. The van der Waals surface area contributed by atoms with Crippen LogP contribution in [0.1, 0.15) is 29.9 Å². The van der Waals surface area contributed by atoms with E-state index in [0.29, 0.717) is 5.92 Å². The van der Waals surface area contributed by atoms with Crippen LogP contribution in [0.3, 0.4) is 0 Å². The van der Waals surface area contributed by atoms with Crippen molar-refractivity contribution >= 4 is 12.4 Å². The van der Waals surface area contributed by atoms with E-state index in [4.69, 9.17) is 5.73 Å². The fourth-order valence-electron chi connectivity index (χ4n) is 2.75. The molecule has 0 amide bonds. The zero-order chi connectivity index (χ0) is 12.4. The number of hydrogen-bond acceptors (Lipinski definition) is 1. The molecule has 0 aliphatic heterocycles. The van der Waals surface area contributed by atoms with Crippen LogP contribution in [0.2, 0.25) is 0 Å². The van der Waals surface area contributed by atoms with Crippen LogP contribution in [0.25, 0.3) is 0 Å². The Morgan fingerprint density at radius 1 is 0.947 bits per heavy atom. The maximum Gasteiger partial charge on any atom is 0.0234 e. The number of benzene rings is 2. The van der Waals surface area contributed by atoms with E-state index >= 15 is 0 Å². The lowest BCUT2D eigenvalue weighted by Gasteiger charge is -2.11. The monoisotopic (exact) mass is 273 g/mol. The van der Waals surface area contributed by atoms with E-state index < -0.39 is 0 Å². The quantitative estimate of drug-likeness (QED) is 0.898. The SMILES string of the molecule is Cl.N[C@]1(CCc2ccccc2)C[C@H]1c1ccccc1. The molecule has 1 nitrogen and oxygen atoms in total. The number of nitrogens with two attached hydrogens (primary N) is 1. The van der Waals surface area contributed by atoms with Gasteiger partial charge in [0.05, 0.1) is 0 Å². The van der Waals surface area contributed by atoms with Crippen molar-refractivity contribution in [2.24, 2.45) is 5.73 Å². The van der Waals surface area contributed by atoms with Crippen molar-refractivity contribution in [1.29, 1.82) is 0 Å². The summed E-state index contributed by atoms with van der Waals surface area (Å²) in [6, 6.07) is 21.3. The molecule has 1 aliphatic carbocycles. The summed E-state index contributed by atoms with van der Waals surface area (Å²) < 4.78 is 0. The van der Waals surface area contributed by atoms with Gasteiger partial charge in [0, 0.05) is 11.5 Å². The molecule has 2 N–H and O–H groups in total. The van der Waals surface area contributed by atoms with Crippen molar-refractivity contribution in [3.05, 3.63) is 71.8 Å². The Hall–Kier alpha value is -1.31. The first-order valence-electron chi connectivity index (χ1n) is 6.66. The fraction of sp³-hybridized carbons (Fsp3) is 0.294. The van der Waals surface area contributed by atoms with Crippen LogP contribution in [0.15, 0.2) is 60.7 Å². The molecule has 100 valence electrons. The molecular weight excluding hydrogens is 254 g/mol. The van der Waals surface area contributed by atoms with Crippen molar-refractivity contribution in [2.75, 3.05) is 0 Å². The average Bonchev–Trinajstić information content (AvgIpc) is 3.12. The van der Waals surface area contributed by atoms with Crippen LogP contribution in [0.4, 0.5) is 0 Å². The van der Waals surface area contributed by atoms with Gasteiger partial charge in [-0.15, -0.1) is 12.4 Å². The average molecular weight is 274 g/mol. The van der Waals surface area contributed by atoms with E-state index in [2.05, 4.69) is 60.7 Å². The molecule has 0 radical (unpaired) electrons. The smallest absolute Gasteiger partial charge is 0.0234 e. The summed E-state index contributed by atoms with van der Waals surface area (Å²) in [4.78, 5) is 0. The molecule has 0 heterocycles. The minimum Gasteiger partial charge on any atom is -0.325 e. The minimum atomic E-state index is 0. The van der Waals surface area contributed by atoms with Crippen molar-refractivity contribution in [2.45, 2.75) is 30.7 Å². The van der Waals surface area contributed by atoms with Crippen molar-refractivity contribution in [1.82, 2.24) is 0 Å². The molecule has 0 spiro atoms. The van der Waals surface area contributed by atoms with E-state index in [1.807, 2.05) is 0 Å². The van der Waals surface area contributed by atoms with Gasteiger partial charge in [0.25, 0.3) is 0 Å². The second-order valence-electron chi connectivity index (χ2n) is 5.39. The van der Waals surface area contributed by atoms with Gasteiger partial charge in [0.15, 0.2) is 0 Å². The van der Waals surface area contributed by atoms with Crippen molar-refractivity contribution < 1.29 is 0 Å². The summed E-state index contributed by atoms with van der Waals surface area (Å²) in [5, 5.41) is 0. The van der Waals surface area contributed by atoms with E-state index in [1.54, 1.807) is 0 Å². The first-order valence-corrected chi connectivity index (χ1v) is 6.66. The molecule has 0 aromatic heterocycles. The van der Waals surface area contributed by atoms with Gasteiger partial charge in [-0.1, -0.05) is 60.7 Å². The number of rotatable bonds is 4. The first kappa shape index (κ1) is 14.1. The largest absolute Gasteiger partial charge is 0.325 e. The molecule has 0 bridgehead atoms. The van der Waals surface area contributed by atoms with Gasteiger partial charge in [0.1, 0.15) is 0 Å².